The summed E-state index contributed by atoms with van der Waals surface area (Å²) in [5.74, 6) is -0.369. The number of ether oxygens (including phenoxy) is 1. The highest BCUT2D eigenvalue weighted by molar-refractivity contribution is 5.92. The number of hydrogen-bond acceptors (Lipinski definition) is 5. The molecule has 2 aromatic rings. The molecule has 7 nitrogen and oxygen atoms in total. The van der Waals surface area contributed by atoms with E-state index in [1.807, 2.05) is 4.90 Å². The topological polar surface area (TPSA) is 84.7 Å². The number of nitro groups is 1. The number of benzene rings is 2. The molecule has 1 N–H and O–H groups in total. The molecule has 0 atom stereocenters. The summed E-state index contributed by atoms with van der Waals surface area (Å²) in [5.41, 5.74) is 1.10. The molecule has 3 rings (SSSR count). The van der Waals surface area contributed by atoms with Crippen molar-refractivity contribution in [1.29, 1.82) is 0 Å². The number of amides is 1. The van der Waals surface area contributed by atoms with Gasteiger partial charge in [0, 0.05) is 30.8 Å². The first-order valence-electron chi connectivity index (χ1n) is 8.78. The average molecular weight is 391 g/mol. The van der Waals surface area contributed by atoms with Gasteiger partial charge in [-0.05, 0) is 43.2 Å². The fraction of sp³-hybridized carbons (Fsp3) is 0.316. The molecule has 1 fully saturated rings. The predicted molar refractivity (Wildman–Crippen MR) is 99.7 cm³/mol. The number of piperidine rings is 1. The standard InChI is InChI=1S/C19H19F2N3O4/c20-19(21)28-15-7-5-14(6-8-15)22-18(25)13-9-11-23(12-10-13)16-3-1-2-4-17(16)24(26)27/h1-8,13,19H,9-12H2,(H,22,25). The number of nitrogens with zero attached hydrogens (tertiary/aromatic N) is 2. The van der Waals surface area contributed by atoms with Crippen LogP contribution in [0.4, 0.5) is 25.8 Å². The van der Waals surface area contributed by atoms with Crippen LogP contribution in [-0.2, 0) is 4.79 Å². The smallest absolute Gasteiger partial charge is 0.387 e. The van der Waals surface area contributed by atoms with Gasteiger partial charge in [-0.2, -0.15) is 8.78 Å². The first-order chi connectivity index (χ1) is 13.4. The molecule has 2 aromatic carbocycles. The summed E-state index contributed by atoms with van der Waals surface area (Å²) in [4.78, 5) is 25.2. The minimum absolute atomic E-state index is 0.0192. The molecule has 0 spiro atoms. The Labute approximate surface area is 160 Å². The van der Waals surface area contributed by atoms with Crippen molar-refractivity contribution in [3.05, 3.63) is 58.6 Å². The molecule has 0 aromatic heterocycles. The first-order valence-corrected chi connectivity index (χ1v) is 8.78. The van der Waals surface area contributed by atoms with Crippen LogP contribution in [-0.4, -0.2) is 30.5 Å². The Morgan fingerprint density at radius 3 is 2.39 bits per heavy atom. The van der Waals surface area contributed by atoms with Crippen LogP contribution in [0.15, 0.2) is 48.5 Å². The molecular weight excluding hydrogens is 372 g/mol. The molecule has 0 aliphatic carbocycles. The summed E-state index contributed by atoms with van der Waals surface area (Å²) < 4.78 is 28.6. The monoisotopic (exact) mass is 391 g/mol. The second-order valence-corrected chi connectivity index (χ2v) is 6.40. The number of rotatable bonds is 6. The molecule has 9 heteroatoms. The zero-order valence-corrected chi connectivity index (χ0v) is 14.9. The van der Waals surface area contributed by atoms with E-state index >= 15 is 0 Å². The van der Waals surface area contributed by atoms with Gasteiger partial charge in [-0.1, -0.05) is 12.1 Å². The number of para-hydroxylation sites is 2. The Morgan fingerprint density at radius 2 is 1.79 bits per heavy atom. The van der Waals surface area contributed by atoms with E-state index in [1.165, 1.54) is 30.3 Å². The Bertz CT molecular complexity index is 837. The van der Waals surface area contributed by atoms with Gasteiger partial charge < -0.3 is 15.0 Å². The number of halogens is 2. The van der Waals surface area contributed by atoms with Crippen LogP contribution in [0.1, 0.15) is 12.8 Å². The number of carbonyl (C=O) groups is 1. The molecule has 148 valence electrons. The summed E-state index contributed by atoms with van der Waals surface area (Å²) in [5, 5.41) is 14.0. The largest absolute Gasteiger partial charge is 0.435 e. The lowest BCUT2D eigenvalue weighted by Gasteiger charge is -2.32. The van der Waals surface area contributed by atoms with Crippen LogP contribution in [0, 0.1) is 16.0 Å². The highest BCUT2D eigenvalue weighted by Crippen LogP contribution is 2.31. The van der Waals surface area contributed by atoms with E-state index in [4.69, 9.17) is 0 Å². The molecule has 0 unspecified atom stereocenters. The lowest BCUT2D eigenvalue weighted by Crippen LogP contribution is -2.38. The summed E-state index contributed by atoms with van der Waals surface area (Å²) in [6.07, 6.45) is 1.12. The Kier molecular flexibility index (Phi) is 6.03. The van der Waals surface area contributed by atoms with Crippen LogP contribution < -0.4 is 15.0 Å². The van der Waals surface area contributed by atoms with Gasteiger partial charge in [0.25, 0.3) is 5.69 Å². The number of nitrogens with one attached hydrogen (secondary N) is 1. The van der Waals surface area contributed by atoms with Crippen molar-refractivity contribution < 1.29 is 23.2 Å². The Morgan fingerprint density at radius 1 is 1.14 bits per heavy atom. The van der Waals surface area contributed by atoms with Crippen molar-refractivity contribution in [2.24, 2.45) is 5.92 Å². The molecule has 0 radical (unpaired) electrons. The second kappa shape index (κ2) is 8.64. The fourth-order valence-corrected chi connectivity index (χ4v) is 3.23. The van der Waals surface area contributed by atoms with Crippen LogP contribution in [0.25, 0.3) is 0 Å². The molecule has 1 heterocycles. The molecular formula is C19H19F2N3O4. The normalized spacial score (nSPS) is 14.8. The van der Waals surface area contributed by atoms with Crippen LogP contribution in [0.3, 0.4) is 0 Å². The minimum atomic E-state index is -2.90. The van der Waals surface area contributed by atoms with Gasteiger partial charge >= 0.3 is 6.61 Å². The average Bonchev–Trinajstić information content (AvgIpc) is 2.69. The number of hydrogen-bond donors (Lipinski definition) is 1. The van der Waals surface area contributed by atoms with Gasteiger partial charge in [0.05, 0.1) is 4.92 Å². The van der Waals surface area contributed by atoms with E-state index < -0.39 is 11.5 Å². The lowest BCUT2D eigenvalue weighted by atomic mass is 9.95. The zero-order chi connectivity index (χ0) is 20.1. The molecule has 1 aliphatic rings. The van der Waals surface area contributed by atoms with Crippen molar-refractivity contribution in [3.63, 3.8) is 0 Å². The maximum absolute atomic E-state index is 12.5. The quantitative estimate of drug-likeness (QED) is 0.593. The SMILES string of the molecule is O=C(Nc1ccc(OC(F)F)cc1)C1CCN(c2ccccc2[N+](=O)[O-])CC1. The summed E-state index contributed by atoms with van der Waals surface area (Å²) in [6.45, 7) is -1.83. The minimum Gasteiger partial charge on any atom is -0.435 e. The molecule has 0 bridgehead atoms. The first kappa shape index (κ1) is 19.5. The maximum Gasteiger partial charge on any atom is 0.387 e. The van der Waals surface area contributed by atoms with E-state index in [1.54, 1.807) is 18.2 Å². The number of nitro benzene ring substituents is 1. The van der Waals surface area contributed by atoms with E-state index in [9.17, 15) is 23.7 Å². The third kappa shape index (κ3) is 4.73. The highest BCUT2D eigenvalue weighted by atomic mass is 19.3. The van der Waals surface area contributed by atoms with Crippen LogP contribution >= 0.6 is 0 Å². The summed E-state index contributed by atoms with van der Waals surface area (Å²) in [6, 6.07) is 12.3. The second-order valence-electron chi connectivity index (χ2n) is 6.40. The van der Waals surface area contributed by atoms with E-state index in [2.05, 4.69) is 10.1 Å². The van der Waals surface area contributed by atoms with Crippen LogP contribution in [0.5, 0.6) is 5.75 Å². The number of alkyl halides is 2. The molecule has 1 saturated heterocycles. The van der Waals surface area contributed by atoms with E-state index in [0.29, 0.717) is 37.3 Å². The maximum atomic E-state index is 12.5. The lowest BCUT2D eigenvalue weighted by molar-refractivity contribution is -0.384. The zero-order valence-electron chi connectivity index (χ0n) is 14.9. The van der Waals surface area contributed by atoms with Gasteiger partial charge in [-0.25, -0.2) is 0 Å². The third-order valence-corrected chi connectivity index (χ3v) is 4.63. The van der Waals surface area contributed by atoms with Gasteiger partial charge in [-0.15, -0.1) is 0 Å². The Hall–Kier alpha value is -3.23. The van der Waals surface area contributed by atoms with Gasteiger partial charge in [0.1, 0.15) is 11.4 Å². The van der Waals surface area contributed by atoms with Crippen molar-refractivity contribution in [2.75, 3.05) is 23.3 Å². The van der Waals surface area contributed by atoms with Gasteiger partial charge in [-0.3, -0.25) is 14.9 Å². The molecule has 1 amide bonds. The summed E-state index contributed by atoms with van der Waals surface area (Å²) in [7, 11) is 0. The number of anilines is 2. The number of carbonyl (C=O) groups excluding carboxylic acids is 1. The predicted octanol–water partition coefficient (Wildman–Crippen LogP) is 4.05. The van der Waals surface area contributed by atoms with E-state index in [0.717, 1.165) is 0 Å². The van der Waals surface area contributed by atoms with Crippen molar-refractivity contribution >= 4 is 23.0 Å². The molecule has 28 heavy (non-hydrogen) atoms. The van der Waals surface area contributed by atoms with Gasteiger partial charge in [0.2, 0.25) is 5.91 Å². The molecule has 0 saturated carbocycles. The Balaban J connectivity index is 1.56. The van der Waals surface area contributed by atoms with Crippen LogP contribution in [0.2, 0.25) is 0 Å². The highest BCUT2D eigenvalue weighted by Gasteiger charge is 2.28. The third-order valence-electron chi connectivity index (χ3n) is 4.63. The fourth-order valence-electron chi connectivity index (χ4n) is 3.23. The molecule has 1 aliphatic heterocycles. The van der Waals surface area contributed by atoms with E-state index in [-0.39, 0.29) is 23.3 Å². The van der Waals surface area contributed by atoms with Gasteiger partial charge in [0.15, 0.2) is 0 Å². The van der Waals surface area contributed by atoms with Crippen molar-refractivity contribution in [3.8, 4) is 5.75 Å². The summed E-state index contributed by atoms with van der Waals surface area (Å²) >= 11 is 0. The van der Waals surface area contributed by atoms with Crippen molar-refractivity contribution in [1.82, 2.24) is 0 Å². The van der Waals surface area contributed by atoms with Crippen molar-refractivity contribution in [2.45, 2.75) is 19.5 Å².